The van der Waals surface area contributed by atoms with Crippen molar-refractivity contribution in [2.75, 3.05) is 6.67 Å². The summed E-state index contributed by atoms with van der Waals surface area (Å²) in [6.07, 6.45) is 2.32. The van der Waals surface area contributed by atoms with E-state index in [0.717, 1.165) is 5.56 Å². The number of hydrogen-bond donors (Lipinski definition) is 1. The molecule has 0 saturated carbocycles. The highest BCUT2D eigenvalue weighted by Crippen LogP contribution is 2.36. The normalized spacial score (nSPS) is 22.7. The van der Waals surface area contributed by atoms with Crippen LogP contribution in [-0.4, -0.2) is 17.8 Å². The molecule has 0 spiro atoms. The molecule has 0 saturated heterocycles. The number of allylic oxidation sites excluding steroid dienone is 2. The summed E-state index contributed by atoms with van der Waals surface area (Å²) in [5.41, 5.74) is -0.250. The van der Waals surface area contributed by atoms with Gasteiger partial charge in [0.2, 0.25) is 0 Å². The van der Waals surface area contributed by atoms with Crippen molar-refractivity contribution >= 4 is 5.97 Å². The second kappa shape index (κ2) is 5.87. The van der Waals surface area contributed by atoms with Gasteiger partial charge < -0.3 is 9.84 Å². The van der Waals surface area contributed by atoms with Crippen LogP contribution < -0.4 is 0 Å². The summed E-state index contributed by atoms with van der Waals surface area (Å²) in [6.45, 7) is -0.610. The summed E-state index contributed by atoms with van der Waals surface area (Å²) in [5, 5.41) is 9.31. The Labute approximate surface area is 111 Å². The van der Waals surface area contributed by atoms with E-state index < -0.39 is 18.1 Å². The molecule has 1 N–H and O–H groups in total. The van der Waals surface area contributed by atoms with Crippen LogP contribution in [0.4, 0.5) is 4.39 Å². The van der Waals surface area contributed by atoms with Gasteiger partial charge in [0.15, 0.2) is 0 Å². The van der Waals surface area contributed by atoms with Crippen molar-refractivity contribution in [3.05, 3.63) is 47.7 Å². The Morgan fingerprint density at radius 1 is 1.37 bits per heavy atom. The summed E-state index contributed by atoms with van der Waals surface area (Å²) in [7, 11) is 0. The minimum atomic E-state index is -1.12. The van der Waals surface area contributed by atoms with E-state index in [-0.39, 0.29) is 18.8 Å². The molecule has 4 heteroatoms. The predicted octanol–water partition coefficient (Wildman–Crippen LogP) is 3.31. The Morgan fingerprint density at radius 2 is 2.11 bits per heavy atom. The van der Waals surface area contributed by atoms with Gasteiger partial charge in [0.1, 0.15) is 18.7 Å². The van der Waals surface area contributed by atoms with Gasteiger partial charge in [-0.15, -0.1) is 0 Å². The second-order valence-corrected chi connectivity index (χ2v) is 4.88. The first-order valence-corrected chi connectivity index (χ1v) is 6.31. The minimum absolute atomic E-state index is 0.150. The van der Waals surface area contributed by atoms with Crippen LogP contribution in [0.25, 0.3) is 0 Å². The monoisotopic (exact) mass is 264 g/mol. The standard InChI is InChI=1S/C15H17FO3/c16-11-15(8-6-13(17)7-9-15)14(18)19-10-12-4-2-1-3-5-12/h1-6,17H,7-11H2. The van der Waals surface area contributed by atoms with Crippen molar-refractivity contribution in [2.45, 2.75) is 25.9 Å². The molecule has 1 aliphatic carbocycles. The van der Waals surface area contributed by atoms with E-state index in [2.05, 4.69) is 0 Å². The highest BCUT2D eigenvalue weighted by atomic mass is 19.1. The maximum Gasteiger partial charge on any atom is 0.315 e. The first-order chi connectivity index (χ1) is 9.16. The van der Waals surface area contributed by atoms with Crippen LogP contribution in [0.5, 0.6) is 0 Å². The minimum Gasteiger partial charge on any atom is -0.513 e. The largest absolute Gasteiger partial charge is 0.513 e. The van der Waals surface area contributed by atoms with Crippen molar-refractivity contribution < 1.29 is 19.0 Å². The van der Waals surface area contributed by atoms with Crippen LogP contribution in [0.2, 0.25) is 0 Å². The van der Waals surface area contributed by atoms with Crippen molar-refractivity contribution in [3.63, 3.8) is 0 Å². The molecule has 0 bridgehead atoms. The SMILES string of the molecule is O=C(OCc1ccccc1)C1(CF)CC=C(O)CC1. The molecule has 1 atom stereocenters. The van der Waals surface area contributed by atoms with Crippen molar-refractivity contribution in [3.8, 4) is 0 Å². The molecular weight excluding hydrogens is 247 g/mol. The van der Waals surface area contributed by atoms with Gasteiger partial charge in [0.25, 0.3) is 0 Å². The maximum atomic E-state index is 13.2. The molecule has 3 nitrogen and oxygen atoms in total. The number of aliphatic hydroxyl groups is 1. The van der Waals surface area contributed by atoms with Crippen molar-refractivity contribution in [1.29, 1.82) is 0 Å². The van der Waals surface area contributed by atoms with Crippen LogP contribution in [0, 0.1) is 5.41 Å². The molecule has 0 radical (unpaired) electrons. The lowest BCUT2D eigenvalue weighted by atomic mass is 9.77. The van der Waals surface area contributed by atoms with Gasteiger partial charge in [-0.05, 0) is 24.5 Å². The van der Waals surface area contributed by atoms with Crippen molar-refractivity contribution in [1.82, 2.24) is 0 Å². The fourth-order valence-electron chi connectivity index (χ4n) is 2.12. The zero-order valence-electron chi connectivity index (χ0n) is 10.6. The fourth-order valence-corrected chi connectivity index (χ4v) is 2.12. The Bertz CT molecular complexity index is 470. The summed E-state index contributed by atoms with van der Waals surface area (Å²) in [6, 6.07) is 9.29. The number of halogens is 1. The lowest BCUT2D eigenvalue weighted by Gasteiger charge is -2.30. The number of carbonyl (C=O) groups excluding carboxylic acids is 1. The topological polar surface area (TPSA) is 46.5 Å². The third kappa shape index (κ3) is 3.13. The number of carbonyl (C=O) groups is 1. The summed E-state index contributed by atoms with van der Waals surface area (Å²) >= 11 is 0. The first-order valence-electron chi connectivity index (χ1n) is 6.31. The molecule has 0 aliphatic heterocycles. The van der Waals surface area contributed by atoms with E-state index in [1.54, 1.807) is 0 Å². The number of hydrogen-bond acceptors (Lipinski definition) is 3. The van der Waals surface area contributed by atoms with Gasteiger partial charge in [0, 0.05) is 6.42 Å². The third-order valence-electron chi connectivity index (χ3n) is 3.49. The second-order valence-electron chi connectivity index (χ2n) is 4.88. The molecule has 19 heavy (non-hydrogen) atoms. The van der Waals surface area contributed by atoms with E-state index in [0.29, 0.717) is 12.8 Å². The van der Waals surface area contributed by atoms with Crippen LogP contribution >= 0.6 is 0 Å². The fraction of sp³-hybridized carbons (Fsp3) is 0.400. The quantitative estimate of drug-likeness (QED) is 0.849. The molecule has 0 heterocycles. The molecule has 2 rings (SSSR count). The zero-order valence-corrected chi connectivity index (χ0v) is 10.6. The molecule has 1 aromatic rings. The van der Waals surface area contributed by atoms with Crippen LogP contribution in [0.1, 0.15) is 24.8 Å². The van der Waals surface area contributed by atoms with Gasteiger partial charge in [-0.1, -0.05) is 30.3 Å². The lowest BCUT2D eigenvalue weighted by Crippen LogP contribution is -2.36. The van der Waals surface area contributed by atoms with Gasteiger partial charge in [-0.2, -0.15) is 0 Å². The Kier molecular flexibility index (Phi) is 4.20. The van der Waals surface area contributed by atoms with E-state index in [1.807, 2.05) is 30.3 Å². The van der Waals surface area contributed by atoms with Crippen LogP contribution in [0.3, 0.4) is 0 Å². The van der Waals surface area contributed by atoms with E-state index in [9.17, 15) is 14.3 Å². The molecule has 102 valence electrons. The molecule has 0 fully saturated rings. The molecular formula is C15H17FO3. The summed E-state index contributed by atoms with van der Waals surface area (Å²) < 4.78 is 18.4. The first kappa shape index (κ1) is 13.6. The Hall–Kier alpha value is -1.84. The summed E-state index contributed by atoms with van der Waals surface area (Å²) in [4.78, 5) is 12.1. The Morgan fingerprint density at radius 3 is 2.68 bits per heavy atom. The smallest absolute Gasteiger partial charge is 0.315 e. The van der Waals surface area contributed by atoms with Crippen LogP contribution in [0.15, 0.2) is 42.2 Å². The number of esters is 1. The Balaban J connectivity index is 1.98. The number of benzene rings is 1. The average Bonchev–Trinajstić information content (AvgIpc) is 2.47. The van der Waals surface area contributed by atoms with E-state index in [4.69, 9.17) is 4.74 Å². The molecule has 0 amide bonds. The van der Waals surface area contributed by atoms with Gasteiger partial charge in [-0.25, -0.2) is 4.39 Å². The molecule has 0 aromatic heterocycles. The summed E-state index contributed by atoms with van der Waals surface area (Å²) in [5.74, 6) is -0.303. The van der Waals surface area contributed by atoms with E-state index in [1.165, 1.54) is 6.08 Å². The highest BCUT2D eigenvalue weighted by Gasteiger charge is 2.41. The molecule has 1 unspecified atom stereocenters. The zero-order chi connectivity index (χ0) is 13.7. The van der Waals surface area contributed by atoms with E-state index >= 15 is 0 Å². The van der Waals surface area contributed by atoms with Gasteiger partial charge >= 0.3 is 5.97 Å². The molecule has 1 aliphatic rings. The van der Waals surface area contributed by atoms with Crippen molar-refractivity contribution in [2.24, 2.45) is 5.41 Å². The predicted molar refractivity (Wildman–Crippen MR) is 69.2 cm³/mol. The third-order valence-corrected chi connectivity index (χ3v) is 3.49. The molecule has 1 aromatic carbocycles. The lowest BCUT2D eigenvalue weighted by molar-refractivity contribution is -0.159. The van der Waals surface area contributed by atoms with Gasteiger partial charge in [-0.3, -0.25) is 4.79 Å². The number of alkyl halides is 1. The number of rotatable bonds is 4. The number of aliphatic hydroxyl groups excluding tert-OH is 1. The number of ether oxygens (including phenoxy) is 1. The van der Waals surface area contributed by atoms with Crippen LogP contribution in [-0.2, 0) is 16.1 Å². The van der Waals surface area contributed by atoms with Gasteiger partial charge in [0.05, 0.1) is 5.76 Å². The maximum absolute atomic E-state index is 13.2. The highest BCUT2D eigenvalue weighted by molar-refractivity contribution is 5.77. The average molecular weight is 264 g/mol.